The Bertz CT molecular complexity index is 557. The van der Waals surface area contributed by atoms with Gasteiger partial charge in [0.25, 0.3) is 0 Å². The van der Waals surface area contributed by atoms with Gasteiger partial charge in [0.2, 0.25) is 10.0 Å². The molecule has 1 aromatic rings. The molecule has 0 amide bonds. The molecule has 1 aromatic carbocycles. The molecule has 1 unspecified atom stereocenters. The first-order valence-electron chi connectivity index (χ1n) is 6.16. The molecule has 7 heteroatoms. The molecule has 1 rings (SSSR count). The highest BCUT2D eigenvalue weighted by atomic mass is 32.2. The largest absolute Gasteiger partial charge is 0.478 e. The van der Waals surface area contributed by atoms with Crippen molar-refractivity contribution in [3.05, 3.63) is 35.4 Å². The molecular weight excluding hydrogens is 298 g/mol. The Balaban J connectivity index is 2.62. The highest BCUT2D eigenvalue weighted by molar-refractivity contribution is 7.99. The molecule has 0 fully saturated rings. The first-order chi connectivity index (χ1) is 9.34. The Hall–Kier alpha value is -1.05. The van der Waals surface area contributed by atoms with E-state index in [0.717, 1.165) is 6.42 Å². The molecule has 0 aromatic heterocycles. The lowest BCUT2D eigenvalue weighted by Crippen LogP contribution is -2.27. The summed E-state index contributed by atoms with van der Waals surface area (Å²) in [4.78, 5) is 10.8. The molecule has 0 spiro atoms. The average Bonchev–Trinajstić information content (AvgIpc) is 2.37. The van der Waals surface area contributed by atoms with Crippen LogP contribution in [0.2, 0.25) is 0 Å². The number of carboxylic acids is 1. The van der Waals surface area contributed by atoms with Gasteiger partial charge >= 0.3 is 5.97 Å². The topological polar surface area (TPSA) is 83.5 Å². The van der Waals surface area contributed by atoms with Crippen molar-refractivity contribution in [2.24, 2.45) is 0 Å². The molecule has 0 aliphatic rings. The predicted octanol–water partition coefficient (Wildman–Crippen LogP) is 1.95. The van der Waals surface area contributed by atoms with Crippen LogP contribution >= 0.6 is 11.8 Å². The summed E-state index contributed by atoms with van der Waals surface area (Å²) in [5.41, 5.74) is 0.559. The zero-order valence-electron chi connectivity index (χ0n) is 11.5. The van der Waals surface area contributed by atoms with Crippen LogP contribution < -0.4 is 4.72 Å². The Morgan fingerprint density at radius 1 is 1.45 bits per heavy atom. The standard InChI is InChI=1S/C13H19NO4S2/c1-10(19-2)6-7-14-20(17,18)9-11-4-3-5-12(8-11)13(15)16/h3-5,8,10,14H,6-7,9H2,1-2H3,(H,15,16). The average molecular weight is 317 g/mol. The number of hydrogen-bond donors (Lipinski definition) is 2. The van der Waals surface area contributed by atoms with Gasteiger partial charge in [0.1, 0.15) is 0 Å². The molecule has 0 heterocycles. The fraction of sp³-hybridized carbons (Fsp3) is 0.462. The monoisotopic (exact) mass is 317 g/mol. The Labute approximate surface area is 123 Å². The number of thioether (sulfide) groups is 1. The molecule has 0 bridgehead atoms. The number of aromatic carboxylic acids is 1. The van der Waals surface area contributed by atoms with Gasteiger partial charge in [-0.15, -0.1) is 0 Å². The molecule has 0 radical (unpaired) electrons. The molecule has 2 N–H and O–H groups in total. The summed E-state index contributed by atoms with van der Waals surface area (Å²) >= 11 is 1.68. The van der Waals surface area contributed by atoms with Crippen LogP contribution in [0.5, 0.6) is 0 Å². The first kappa shape index (κ1) is 17.0. The number of carboxylic acid groups (broad SMARTS) is 1. The number of sulfonamides is 1. The molecule has 0 saturated heterocycles. The Kier molecular flexibility index (Phi) is 6.51. The van der Waals surface area contributed by atoms with Gasteiger partial charge in [-0.3, -0.25) is 0 Å². The number of carbonyl (C=O) groups is 1. The maximum absolute atomic E-state index is 11.9. The zero-order chi connectivity index (χ0) is 15.2. The van der Waals surface area contributed by atoms with Crippen molar-refractivity contribution in [1.82, 2.24) is 4.72 Å². The summed E-state index contributed by atoms with van der Waals surface area (Å²) in [6, 6.07) is 5.97. The smallest absolute Gasteiger partial charge is 0.335 e. The normalized spacial score (nSPS) is 13.1. The van der Waals surface area contributed by atoms with E-state index in [0.29, 0.717) is 17.4 Å². The Morgan fingerprint density at radius 3 is 2.75 bits per heavy atom. The lowest BCUT2D eigenvalue weighted by atomic mass is 10.1. The fourth-order valence-electron chi connectivity index (χ4n) is 1.60. The highest BCUT2D eigenvalue weighted by Crippen LogP contribution is 2.10. The lowest BCUT2D eigenvalue weighted by molar-refractivity contribution is 0.0696. The van der Waals surface area contributed by atoms with Gasteiger partial charge in [-0.2, -0.15) is 11.8 Å². The first-order valence-corrected chi connectivity index (χ1v) is 9.10. The second-order valence-corrected chi connectivity index (χ2v) is 7.58. The number of benzene rings is 1. The van der Waals surface area contributed by atoms with Crippen LogP contribution in [-0.4, -0.2) is 37.5 Å². The van der Waals surface area contributed by atoms with Crippen molar-refractivity contribution in [3.8, 4) is 0 Å². The van der Waals surface area contributed by atoms with E-state index in [1.165, 1.54) is 12.1 Å². The summed E-state index contributed by atoms with van der Waals surface area (Å²) in [7, 11) is -3.43. The van der Waals surface area contributed by atoms with Crippen molar-refractivity contribution in [3.63, 3.8) is 0 Å². The minimum atomic E-state index is -3.43. The van der Waals surface area contributed by atoms with Gasteiger partial charge in [0, 0.05) is 11.8 Å². The van der Waals surface area contributed by atoms with Crippen molar-refractivity contribution < 1.29 is 18.3 Å². The summed E-state index contributed by atoms with van der Waals surface area (Å²) in [5.74, 6) is -1.27. The van der Waals surface area contributed by atoms with Gasteiger partial charge in [-0.25, -0.2) is 17.9 Å². The quantitative estimate of drug-likeness (QED) is 0.765. The Morgan fingerprint density at radius 2 is 2.15 bits per heavy atom. The fourth-order valence-corrected chi connectivity index (χ4v) is 3.10. The summed E-state index contributed by atoms with van der Waals surface area (Å²) < 4.78 is 26.3. The van der Waals surface area contributed by atoms with Crippen molar-refractivity contribution in [1.29, 1.82) is 0 Å². The van der Waals surface area contributed by atoms with Crippen molar-refractivity contribution in [2.45, 2.75) is 24.3 Å². The van der Waals surface area contributed by atoms with E-state index in [9.17, 15) is 13.2 Å². The van der Waals surface area contributed by atoms with E-state index in [1.54, 1.807) is 23.9 Å². The van der Waals surface area contributed by atoms with Crippen LogP contribution in [0.25, 0.3) is 0 Å². The minimum absolute atomic E-state index is 0.0914. The second-order valence-electron chi connectivity index (χ2n) is 4.49. The van der Waals surface area contributed by atoms with Gasteiger partial charge in [0.15, 0.2) is 0 Å². The molecule has 5 nitrogen and oxygen atoms in total. The van der Waals surface area contributed by atoms with E-state index in [2.05, 4.69) is 4.72 Å². The third-order valence-corrected chi connectivity index (χ3v) is 5.20. The van der Waals surface area contributed by atoms with E-state index in [1.807, 2.05) is 13.2 Å². The van der Waals surface area contributed by atoms with Gasteiger partial charge < -0.3 is 5.11 Å². The van der Waals surface area contributed by atoms with Crippen molar-refractivity contribution >= 4 is 27.8 Å². The predicted molar refractivity (Wildman–Crippen MR) is 81.6 cm³/mol. The summed E-state index contributed by atoms with van der Waals surface area (Å²) in [6.45, 7) is 2.43. The number of rotatable bonds is 8. The second kappa shape index (κ2) is 7.66. The molecule has 0 aliphatic carbocycles. The van der Waals surface area contributed by atoms with Crippen LogP contribution in [0.15, 0.2) is 24.3 Å². The summed E-state index contributed by atoms with van der Waals surface area (Å²) in [6.07, 6.45) is 2.74. The van der Waals surface area contributed by atoms with Gasteiger partial charge in [-0.1, -0.05) is 19.1 Å². The van der Waals surface area contributed by atoms with Crippen LogP contribution in [0, 0.1) is 0 Å². The van der Waals surface area contributed by atoms with Gasteiger partial charge in [0.05, 0.1) is 11.3 Å². The maximum Gasteiger partial charge on any atom is 0.335 e. The van der Waals surface area contributed by atoms with E-state index in [-0.39, 0.29) is 11.3 Å². The maximum atomic E-state index is 11.9. The molecular formula is C13H19NO4S2. The van der Waals surface area contributed by atoms with Crippen LogP contribution in [0.3, 0.4) is 0 Å². The number of nitrogens with one attached hydrogen (secondary N) is 1. The minimum Gasteiger partial charge on any atom is -0.478 e. The lowest BCUT2D eigenvalue weighted by Gasteiger charge is -2.10. The summed E-state index contributed by atoms with van der Waals surface area (Å²) in [5, 5.41) is 9.27. The molecule has 0 aliphatic heterocycles. The van der Waals surface area contributed by atoms with Crippen LogP contribution in [0.1, 0.15) is 29.3 Å². The zero-order valence-corrected chi connectivity index (χ0v) is 13.1. The van der Waals surface area contributed by atoms with E-state index < -0.39 is 16.0 Å². The number of hydrogen-bond acceptors (Lipinski definition) is 4. The molecule has 0 saturated carbocycles. The molecule has 112 valence electrons. The van der Waals surface area contributed by atoms with E-state index in [4.69, 9.17) is 5.11 Å². The third-order valence-electron chi connectivity index (χ3n) is 2.81. The SMILES string of the molecule is CSC(C)CCNS(=O)(=O)Cc1cccc(C(=O)O)c1. The van der Waals surface area contributed by atoms with Crippen molar-refractivity contribution in [2.75, 3.05) is 12.8 Å². The van der Waals surface area contributed by atoms with Crippen LogP contribution in [-0.2, 0) is 15.8 Å². The van der Waals surface area contributed by atoms with E-state index >= 15 is 0 Å². The highest BCUT2D eigenvalue weighted by Gasteiger charge is 2.13. The molecule has 20 heavy (non-hydrogen) atoms. The molecule has 1 atom stereocenters. The third kappa shape index (κ3) is 5.94. The van der Waals surface area contributed by atoms with Crippen LogP contribution in [0.4, 0.5) is 0 Å². The van der Waals surface area contributed by atoms with Gasteiger partial charge in [-0.05, 0) is 30.4 Å².